The molecule has 3 nitrogen and oxygen atoms in total. The Hall–Kier alpha value is -1.04. The number of hydrogen-bond donors (Lipinski definition) is 2. The monoisotopic (exact) mass is 264 g/mol. The van der Waals surface area contributed by atoms with Crippen LogP contribution in [0.4, 0.5) is 0 Å². The molecule has 0 heterocycles. The fraction of sp³-hybridized carbons (Fsp3) is 0.385. The van der Waals surface area contributed by atoms with Gasteiger partial charge in [-0.25, -0.2) is 0 Å². The van der Waals surface area contributed by atoms with Crippen LogP contribution in [0.3, 0.4) is 0 Å². The molecule has 1 aromatic rings. The third-order valence-corrected chi connectivity index (χ3v) is 4.68. The van der Waals surface area contributed by atoms with Gasteiger partial charge in [-0.2, -0.15) is 0 Å². The van der Waals surface area contributed by atoms with E-state index in [-0.39, 0.29) is 0 Å². The second kappa shape index (κ2) is 5.73. The molecule has 0 aliphatic carbocycles. The summed E-state index contributed by atoms with van der Waals surface area (Å²) in [5.74, 6) is 0.606. The highest BCUT2D eigenvalue weighted by molar-refractivity contribution is 6.89. The molecule has 0 bridgehead atoms. The number of ether oxygens (including phenoxy) is 1. The van der Waals surface area contributed by atoms with E-state index in [9.17, 15) is 10.0 Å². The maximum atomic E-state index is 9.48. The van der Waals surface area contributed by atoms with E-state index in [0.29, 0.717) is 17.8 Å². The van der Waals surface area contributed by atoms with Gasteiger partial charge in [0.05, 0.1) is 8.07 Å². The number of rotatable bonds is 5. The van der Waals surface area contributed by atoms with Crippen molar-refractivity contribution < 1.29 is 14.8 Å². The third-order valence-electron chi connectivity index (χ3n) is 2.69. The highest BCUT2D eigenvalue weighted by atomic mass is 28.3. The zero-order valence-electron chi connectivity index (χ0n) is 11.5. The first-order chi connectivity index (χ1) is 8.27. The normalized spacial score (nSPS) is 11.2. The minimum atomic E-state index is -1.62. The van der Waals surface area contributed by atoms with Crippen LogP contribution in [0.1, 0.15) is 5.56 Å². The summed E-state index contributed by atoms with van der Waals surface area (Å²) in [6.07, 6.45) is 1.65. The van der Waals surface area contributed by atoms with Gasteiger partial charge in [0.1, 0.15) is 12.4 Å². The van der Waals surface area contributed by atoms with E-state index >= 15 is 0 Å². The molecule has 1 aromatic carbocycles. The lowest BCUT2D eigenvalue weighted by molar-refractivity contribution is 0.364. The lowest BCUT2D eigenvalue weighted by atomic mass is 9.79. The molecule has 18 heavy (non-hydrogen) atoms. The maximum absolute atomic E-state index is 9.48. The second-order valence-corrected chi connectivity index (χ2v) is 10.5. The van der Waals surface area contributed by atoms with E-state index in [1.54, 1.807) is 12.1 Å². The van der Waals surface area contributed by atoms with Crippen LogP contribution in [0.25, 0.3) is 0 Å². The van der Waals surface area contributed by atoms with E-state index < -0.39 is 15.2 Å². The van der Waals surface area contributed by atoms with Crippen molar-refractivity contribution in [1.82, 2.24) is 0 Å². The summed E-state index contributed by atoms with van der Waals surface area (Å²) >= 11 is 0. The summed E-state index contributed by atoms with van der Waals surface area (Å²) in [7, 11) is -3.13. The van der Waals surface area contributed by atoms with Crippen LogP contribution in [-0.2, 0) is 0 Å². The standard InChI is InChI=1S/C13H21BO3Si/c1-6-7-17-13-11(14(15)16)8-10(2)9-12(13)18(3,4)5/h6,8-9,15-16H,1,7H2,2-5H3. The molecule has 0 aliphatic rings. The van der Waals surface area contributed by atoms with Gasteiger partial charge in [0.25, 0.3) is 0 Å². The van der Waals surface area contributed by atoms with E-state index in [1.165, 1.54) is 0 Å². The third kappa shape index (κ3) is 3.48. The van der Waals surface area contributed by atoms with Gasteiger partial charge >= 0.3 is 7.12 Å². The zero-order chi connectivity index (χ0) is 13.9. The summed E-state index contributed by atoms with van der Waals surface area (Å²) in [5, 5.41) is 20.1. The minimum Gasteiger partial charge on any atom is -0.490 e. The average Bonchev–Trinajstić information content (AvgIpc) is 2.25. The quantitative estimate of drug-likeness (QED) is 0.610. The molecule has 0 fully saturated rings. The van der Waals surface area contributed by atoms with Gasteiger partial charge in [-0.1, -0.05) is 50.0 Å². The number of aryl methyl sites for hydroxylation is 1. The maximum Gasteiger partial charge on any atom is 0.492 e. The highest BCUT2D eigenvalue weighted by Crippen LogP contribution is 2.15. The summed E-state index contributed by atoms with van der Waals surface area (Å²) in [4.78, 5) is 0. The van der Waals surface area contributed by atoms with Crippen LogP contribution < -0.4 is 15.4 Å². The Morgan fingerprint density at radius 1 is 1.33 bits per heavy atom. The van der Waals surface area contributed by atoms with Crippen LogP contribution in [0.2, 0.25) is 19.6 Å². The molecule has 0 saturated heterocycles. The number of hydrogen-bond acceptors (Lipinski definition) is 3. The van der Waals surface area contributed by atoms with Crippen LogP contribution >= 0.6 is 0 Å². The topological polar surface area (TPSA) is 49.7 Å². The van der Waals surface area contributed by atoms with Crippen molar-refractivity contribution in [2.75, 3.05) is 6.61 Å². The van der Waals surface area contributed by atoms with Crippen molar-refractivity contribution in [1.29, 1.82) is 0 Å². The van der Waals surface area contributed by atoms with E-state index in [4.69, 9.17) is 4.74 Å². The van der Waals surface area contributed by atoms with E-state index in [1.807, 2.05) is 6.92 Å². The SMILES string of the molecule is C=CCOc1c(B(O)O)cc(C)cc1[Si](C)(C)C. The van der Waals surface area contributed by atoms with Crippen molar-refractivity contribution in [2.24, 2.45) is 0 Å². The second-order valence-electron chi connectivity index (χ2n) is 5.45. The summed E-state index contributed by atoms with van der Waals surface area (Å²) in [5.41, 5.74) is 1.45. The Balaban J connectivity index is 3.42. The largest absolute Gasteiger partial charge is 0.492 e. The molecule has 0 aliphatic heterocycles. The van der Waals surface area contributed by atoms with Crippen molar-refractivity contribution >= 4 is 25.8 Å². The van der Waals surface area contributed by atoms with Crippen molar-refractivity contribution in [3.05, 3.63) is 30.4 Å². The van der Waals surface area contributed by atoms with Crippen molar-refractivity contribution in [2.45, 2.75) is 26.6 Å². The predicted molar refractivity (Wildman–Crippen MR) is 79.7 cm³/mol. The molecule has 1 rings (SSSR count). The van der Waals surface area contributed by atoms with Gasteiger partial charge in [0.15, 0.2) is 0 Å². The molecule has 98 valence electrons. The number of benzene rings is 1. The molecule has 0 amide bonds. The van der Waals surface area contributed by atoms with Crippen LogP contribution in [0, 0.1) is 6.92 Å². The van der Waals surface area contributed by atoms with Gasteiger partial charge in [0, 0.05) is 5.46 Å². The Morgan fingerprint density at radius 3 is 2.39 bits per heavy atom. The fourth-order valence-electron chi connectivity index (χ4n) is 1.85. The Bertz CT molecular complexity index is 439. The lowest BCUT2D eigenvalue weighted by Crippen LogP contribution is -2.44. The zero-order valence-corrected chi connectivity index (χ0v) is 12.5. The van der Waals surface area contributed by atoms with Crippen LogP contribution in [0.15, 0.2) is 24.8 Å². The lowest BCUT2D eigenvalue weighted by Gasteiger charge is -2.24. The van der Waals surface area contributed by atoms with Gasteiger partial charge in [0.2, 0.25) is 0 Å². The van der Waals surface area contributed by atoms with Gasteiger partial charge < -0.3 is 14.8 Å². The van der Waals surface area contributed by atoms with E-state index in [0.717, 1.165) is 10.8 Å². The molecule has 0 aromatic heterocycles. The van der Waals surface area contributed by atoms with Gasteiger partial charge in [-0.3, -0.25) is 0 Å². The van der Waals surface area contributed by atoms with Crippen LogP contribution in [0.5, 0.6) is 5.75 Å². The first kappa shape index (κ1) is 15.0. The van der Waals surface area contributed by atoms with Gasteiger partial charge in [-0.15, -0.1) is 0 Å². The molecule has 0 unspecified atom stereocenters. The molecule has 0 atom stereocenters. The first-order valence-corrected chi connectivity index (χ1v) is 9.52. The Morgan fingerprint density at radius 2 is 1.94 bits per heavy atom. The Kier molecular flexibility index (Phi) is 4.79. The fourth-order valence-corrected chi connectivity index (χ4v) is 3.41. The predicted octanol–water partition coefficient (Wildman–Crippen LogP) is 0.785. The average molecular weight is 264 g/mol. The minimum absolute atomic E-state index is 0.361. The van der Waals surface area contributed by atoms with Crippen molar-refractivity contribution in [3.63, 3.8) is 0 Å². The summed E-state index contributed by atoms with van der Waals surface area (Å²) in [6, 6.07) is 3.84. The molecule has 0 radical (unpaired) electrons. The smallest absolute Gasteiger partial charge is 0.490 e. The molecular formula is C13H21BO3Si. The first-order valence-electron chi connectivity index (χ1n) is 6.02. The molecule has 2 N–H and O–H groups in total. The summed E-state index contributed by atoms with van der Waals surface area (Å²) in [6.45, 7) is 12.5. The van der Waals surface area contributed by atoms with Crippen molar-refractivity contribution in [3.8, 4) is 5.75 Å². The van der Waals surface area contributed by atoms with E-state index in [2.05, 4.69) is 32.3 Å². The molecule has 0 spiro atoms. The van der Waals surface area contributed by atoms with Gasteiger partial charge in [-0.05, 0) is 12.1 Å². The molecule has 0 saturated carbocycles. The Labute approximate surface area is 110 Å². The molecule has 5 heteroatoms. The molecular weight excluding hydrogens is 243 g/mol. The van der Waals surface area contributed by atoms with Crippen LogP contribution in [-0.4, -0.2) is 31.8 Å². The highest BCUT2D eigenvalue weighted by Gasteiger charge is 2.27. The summed E-state index contributed by atoms with van der Waals surface area (Å²) < 4.78 is 5.66.